The Morgan fingerprint density at radius 1 is 0.971 bits per heavy atom. The quantitative estimate of drug-likeness (QED) is 0.0466. The van der Waals surface area contributed by atoms with E-state index >= 15 is 0 Å². The summed E-state index contributed by atoms with van der Waals surface area (Å²) in [7, 11) is 1.49. The number of imide groups is 1. The number of unbranched alkanes of at least 4 members (excludes halogenated alkanes) is 2. The molecule has 19 nitrogen and oxygen atoms in total. The van der Waals surface area contributed by atoms with Gasteiger partial charge in [-0.25, -0.2) is 4.98 Å². The van der Waals surface area contributed by atoms with Gasteiger partial charge in [0.25, 0.3) is 17.7 Å². The molecule has 2 aliphatic heterocycles. The summed E-state index contributed by atoms with van der Waals surface area (Å²) in [4.78, 5) is 124. The fraction of sp³-hybridized carbons (Fsp3) is 0.600. The predicted molar refractivity (Wildman–Crippen MR) is 263 cm³/mol. The van der Waals surface area contributed by atoms with Gasteiger partial charge in [-0.3, -0.25) is 53.0 Å². The van der Waals surface area contributed by atoms with Crippen LogP contribution in [0.5, 0.6) is 0 Å². The lowest BCUT2D eigenvalue weighted by Crippen LogP contribution is -2.60. The van der Waals surface area contributed by atoms with E-state index in [1.807, 2.05) is 27.7 Å². The van der Waals surface area contributed by atoms with Crippen molar-refractivity contribution in [1.82, 2.24) is 35.6 Å². The Morgan fingerprint density at radius 2 is 1.67 bits per heavy atom. The van der Waals surface area contributed by atoms with Crippen molar-refractivity contribution in [3.05, 3.63) is 58.1 Å². The molecule has 20 heteroatoms. The summed E-state index contributed by atoms with van der Waals surface area (Å²) >= 11 is 1.09. The molecule has 0 spiro atoms. The number of hydrogen-bond donors (Lipinski definition) is 5. The van der Waals surface area contributed by atoms with Gasteiger partial charge in [0.15, 0.2) is 6.10 Å². The SMILES string of the molecule is [2H]CN1CCC[C@@]1(C[2H])C(=O)N[C@H](C(=O)N(C)[C@H](C[C@@H](OC(C)=O)c1nc(C(=O)N[C@@H](Cc2ccc(NC(=O)CNC(=O)CCCCCN3C(=O)C=CC3=O)cc2)C[C@H](C)C(=O)O)cs1)C(C)C)[C@@H](C)CC. The molecule has 1 saturated heterocycles. The lowest BCUT2D eigenvalue weighted by atomic mass is 9.91. The molecule has 2 aromatic rings. The molecule has 1 aromatic carbocycles. The van der Waals surface area contributed by atoms with Crippen LogP contribution in [0, 0.1) is 17.8 Å². The maximum atomic E-state index is 14.4. The predicted octanol–water partition coefficient (Wildman–Crippen LogP) is 4.63. The van der Waals surface area contributed by atoms with Gasteiger partial charge in [0, 0.05) is 71.4 Å². The second-order valence-electron chi connectivity index (χ2n) is 18.7. The first kappa shape index (κ1) is 53.3. The van der Waals surface area contributed by atoms with Crippen LogP contribution >= 0.6 is 11.3 Å². The molecule has 5 N–H and O–H groups in total. The Labute approximate surface area is 417 Å². The van der Waals surface area contributed by atoms with Gasteiger partial charge in [-0.2, -0.15) is 0 Å². The van der Waals surface area contributed by atoms with Crippen molar-refractivity contribution in [3.63, 3.8) is 0 Å². The van der Waals surface area contributed by atoms with Crippen molar-refractivity contribution in [2.24, 2.45) is 17.8 Å². The highest BCUT2D eigenvalue weighted by Gasteiger charge is 2.44. The van der Waals surface area contributed by atoms with E-state index in [0.717, 1.165) is 21.8 Å². The molecule has 3 heterocycles. The number of likely N-dealkylation sites (tertiary alicyclic amines) is 1. The second-order valence-corrected chi connectivity index (χ2v) is 19.6. The molecule has 0 saturated carbocycles. The second kappa shape index (κ2) is 26.3. The number of carbonyl (C=O) groups is 9. The van der Waals surface area contributed by atoms with Gasteiger partial charge in [0.05, 0.1) is 18.0 Å². The van der Waals surface area contributed by atoms with Crippen LogP contribution in [0.15, 0.2) is 41.8 Å². The van der Waals surface area contributed by atoms with Crippen LogP contribution in [0.25, 0.3) is 0 Å². The standard InChI is InChI=1S/C50H72N8O11S/c1-10-31(4)44(55-49(68)50(7)22-14-23-56(50)8)47(65)57(9)38(30(2)3)27-39(69-33(6)59)46-54-37(29-70-46)45(64)53-36(25-32(5)48(66)67)26-34-16-18-35(19-17-34)52-41(61)28-51-40(60)15-12-11-13-24-58-42(62)20-21-43(58)63/h16-21,29-32,36,38-39,44H,10-15,22-28H2,1-9H3,(H,51,60)(H,52,61)(H,53,64)(H,55,68)(H,66,67)/t31-,32-,36+,38+,39+,44-,50-/m0/s1/i7D,8D. The van der Waals surface area contributed by atoms with Crippen LogP contribution in [0.3, 0.4) is 0 Å². The highest BCUT2D eigenvalue weighted by atomic mass is 32.1. The van der Waals surface area contributed by atoms with Crippen molar-refractivity contribution in [2.75, 3.05) is 39.0 Å². The summed E-state index contributed by atoms with van der Waals surface area (Å²) < 4.78 is 22.0. The monoisotopic (exact) mass is 995 g/mol. The number of carboxylic acid groups (broad SMARTS) is 1. The van der Waals surface area contributed by atoms with E-state index in [0.29, 0.717) is 55.8 Å². The summed E-state index contributed by atoms with van der Waals surface area (Å²) in [5, 5.41) is 22.8. The molecule has 70 heavy (non-hydrogen) atoms. The number of carboxylic acids is 1. The lowest BCUT2D eigenvalue weighted by molar-refractivity contribution is -0.149. The minimum absolute atomic E-state index is 0.0120. The smallest absolute Gasteiger partial charge is 0.306 e. The van der Waals surface area contributed by atoms with Gasteiger partial charge < -0.3 is 36.0 Å². The molecular weight excluding hydrogens is 921 g/mol. The number of nitrogens with zero attached hydrogens (tertiary/aromatic N) is 4. The Bertz CT molecular complexity index is 2260. The first-order valence-corrected chi connectivity index (χ1v) is 24.8. The van der Waals surface area contributed by atoms with Crippen molar-refractivity contribution in [3.8, 4) is 0 Å². The number of anilines is 1. The minimum Gasteiger partial charge on any atom is -0.481 e. The zero-order valence-electron chi connectivity index (χ0n) is 43.4. The van der Waals surface area contributed by atoms with E-state index in [-0.39, 0.29) is 93.9 Å². The molecule has 1 fully saturated rings. The number of nitrogens with one attached hydrogen (secondary N) is 4. The van der Waals surface area contributed by atoms with E-state index in [2.05, 4.69) is 26.3 Å². The maximum Gasteiger partial charge on any atom is 0.306 e. The average Bonchev–Trinajstić information content (AvgIpc) is 4.10. The number of thiazole rings is 1. The van der Waals surface area contributed by atoms with Crippen molar-refractivity contribution < 1.29 is 55.7 Å². The number of likely N-dealkylation sites (N-methyl/N-ethyl adjacent to an activating group) is 2. The molecule has 2 aliphatic rings. The molecule has 7 amide bonds. The molecule has 4 rings (SSSR count). The van der Waals surface area contributed by atoms with E-state index < -0.39 is 65.3 Å². The number of ether oxygens (including phenoxy) is 1. The third kappa shape index (κ3) is 16.0. The lowest BCUT2D eigenvalue weighted by Gasteiger charge is -2.38. The van der Waals surface area contributed by atoms with Gasteiger partial charge in [0.2, 0.25) is 23.6 Å². The largest absolute Gasteiger partial charge is 0.481 e. The number of esters is 1. The number of aliphatic carboxylic acids is 1. The average molecular weight is 995 g/mol. The molecular formula is C50H72N8O11S. The third-order valence-corrected chi connectivity index (χ3v) is 13.9. The Balaban J connectivity index is 1.38. The zero-order chi connectivity index (χ0) is 53.3. The summed E-state index contributed by atoms with van der Waals surface area (Å²) in [5.41, 5.74) is -0.0121. The maximum absolute atomic E-state index is 14.4. The summed E-state index contributed by atoms with van der Waals surface area (Å²) in [6.45, 7) is 10.7. The number of rotatable bonds is 27. The van der Waals surface area contributed by atoms with Gasteiger partial charge in [-0.1, -0.05) is 59.6 Å². The van der Waals surface area contributed by atoms with E-state index in [9.17, 15) is 48.3 Å². The minimum atomic E-state index is -1.20. The van der Waals surface area contributed by atoms with Crippen molar-refractivity contribution in [2.45, 2.75) is 142 Å². The normalized spacial score (nSPS) is 18.8. The highest BCUT2D eigenvalue weighted by Crippen LogP contribution is 2.32. The summed E-state index contributed by atoms with van der Waals surface area (Å²) in [5.74, 6) is -5.79. The fourth-order valence-corrected chi connectivity index (χ4v) is 9.25. The van der Waals surface area contributed by atoms with Crippen LogP contribution in [0.2, 0.25) is 0 Å². The van der Waals surface area contributed by atoms with Crippen LogP contribution in [0.1, 0.15) is 136 Å². The fourth-order valence-electron chi connectivity index (χ4n) is 8.41. The molecule has 1 aromatic heterocycles. The topological polar surface area (TPSA) is 254 Å². The van der Waals surface area contributed by atoms with Gasteiger partial charge in [-0.05, 0) is 88.5 Å². The number of hydrogen-bond acceptors (Lipinski definition) is 13. The Hall–Kier alpha value is -6.02. The molecule has 7 atom stereocenters. The van der Waals surface area contributed by atoms with E-state index in [1.165, 1.54) is 31.4 Å². The van der Waals surface area contributed by atoms with Crippen LogP contribution in [0.4, 0.5) is 5.69 Å². The zero-order valence-corrected chi connectivity index (χ0v) is 42.2. The first-order valence-electron chi connectivity index (χ1n) is 25.3. The summed E-state index contributed by atoms with van der Waals surface area (Å²) in [6, 6.07) is 4.62. The van der Waals surface area contributed by atoms with Crippen LogP contribution < -0.4 is 21.3 Å². The number of aromatic nitrogens is 1. The van der Waals surface area contributed by atoms with Gasteiger partial charge in [0.1, 0.15) is 16.7 Å². The number of amides is 7. The van der Waals surface area contributed by atoms with Crippen LogP contribution in [-0.4, -0.2) is 135 Å². The van der Waals surface area contributed by atoms with E-state index in [1.54, 1.807) is 41.1 Å². The Kier molecular flexibility index (Phi) is 20.0. The molecule has 384 valence electrons. The number of benzene rings is 1. The molecule has 0 bridgehead atoms. The van der Waals surface area contributed by atoms with Gasteiger partial charge >= 0.3 is 11.9 Å². The molecule has 0 aliphatic carbocycles. The van der Waals surface area contributed by atoms with Crippen molar-refractivity contribution >= 4 is 70.3 Å². The first-order chi connectivity index (χ1) is 34.1. The summed E-state index contributed by atoms with van der Waals surface area (Å²) in [6.07, 6.45) is 5.40. The third-order valence-electron chi connectivity index (χ3n) is 13.0. The van der Waals surface area contributed by atoms with Gasteiger partial charge in [-0.15, -0.1) is 11.3 Å². The van der Waals surface area contributed by atoms with Crippen molar-refractivity contribution in [1.29, 1.82) is 0 Å². The Morgan fingerprint density at radius 3 is 2.29 bits per heavy atom. The van der Waals surface area contributed by atoms with Crippen LogP contribution in [-0.2, 0) is 49.5 Å². The van der Waals surface area contributed by atoms with E-state index in [4.69, 9.17) is 7.48 Å². The molecule has 0 radical (unpaired) electrons. The number of carbonyl (C=O) groups excluding carboxylic acids is 8. The highest BCUT2D eigenvalue weighted by molar-refractivity contribution is 7.09. The molecule has 0 unspecified atom stereocenters.